The number of nitrogens with one attached hydrogen (secondary N) is 2. The highest BCUT2D eigenvalue weighted by molar-refractivity contribution is 7.89. The number of hydrogen-bond acceptors (Lipinski definition) is 5. The van der Waals surface area contributed by atoms with E-state index in [1.807, 2.05) is 24.3 Å². The first-order chi connectivity index (χ1) is 13.0. The summed E-state index contributed by atoms with van der Waals surface area (Å²) in [6.07, 6.45) is 0.603. The standard InChI is InChI=1S/C19H24N2O5S/c1-25-13-12-21-27(23,24)17-8-5-7-16(14-17)19(22)20-11-10-15-6-3-4-9-18(15)26-2/h3-9,14,21H,10-13H2,1-2H3,(H,20,22). The summed E-state index contributed by atoms with van der Waals surface area (Å²) < 4.78 is 37.0. The minimum absolute atomic E-state index is 0.0379. The number of benzene rings is 2. The molecule has 0 heterocycles. The summed E-state index contributed by atoms with van der Waals surface area (Å²) in [5, 5.41) is 2.80. The molecule has 0 spiro atoms. The number of ether oxygens (including phenoxy) is 2. The molecule has 8 heteroatoms. The quantitative estimate of drug-likeness (QED) is 0.599. The van der Waals surface area contributed by atoms with Crippen molar-refractivity contribution in [3.05, 3.63) is 59.7 Å². The highest BCUT2D eigenvalue weighted by Gasteiger charge is 2.15. The van der Waals surface area contributed by atoms with E-state index in [4.69, 9.17) is 9.47 Å². The molecule has 0 bridgehead atoms. The van der Waals surface area contributed by atoms with E-state index >= 15 is 0 Å². The molecule has 0 saturated heterocycles. The number of methoxy groups -OCH3 is 2. The van der Waals surface area contributed by atoms with Crippen molar-refractivity contribution in [2.45, 2.75) is 11.3 Å². The predicted octanol–water partition coefficient (Wildman–Crippen LogP) is 1.59. The highest BCUT2D eigenvalue weighted by Crippen LogP contribution is 2.17. The van der Waals surface area contributed by atoms with Gasteiger partial charge in [-0.05, 0) is 36.2 Å². The molecular weight excluding hydrogens is 368 g/mol. The third-order valence-corrected chi connectivity index (χ3v) is 5.34. The first-order valence-corrected chi connectivity index (χ1v) is 9.95. The van der Waals surface area contributed by atoms with E-state index in [2.05, 4.69) is 10.0 Å². The topological polar surface area (TPSA) is 93.7 Å². The Hall–Kier alpha value is -2.42. The van der Waals surface area contributed by atoms with Gasteiger partial charge in [-0.2, -0.15) is 0 Å². The lowest BCUT2D eigenvalue weighted by Crippen LogP contribution is -2.28. The van der Waals surface area contributed by atoms with Gasteiger partial charge in [-0.3, -0.25) is 4.79 Å². The lowest BCUT2D eigenvalue weighted by Gasteiger charge is -2.10. The zero-order chi connectivity index (χ0) is 19.7. The molecular formula is C19H24N2O5S. The second-order valence-corrected chi connectivity index (χ2v) is 7.50. The van der Waals surface area contributed by atoms with Crippen LogP contribution in [0.5, 0.6) is 5.75 Å². The van der Waals surface area contributed by atoms with Crippen LogP contribution in [0.1, 0.15) is 15.9 Å². The maximum atomic E-state index is 12.4. The van der Waals surface area contributed by atoms with Crippen LogP contribution in [-0.2, 0) is 21.2 Å². The fourth-order valence-corrected chi connectivity index (χ4v) is 3.55. The molecule has 2 rings (SSSR count). The van der Waals surface area contributed by atoms with E-state index in [0.29, 0.717) is 13.0 Å². The monoisotopic (exact) mass is 392 g/mol. The van der Waals surface area contributed by atoms with Crippen LogP contribution < -0.4 is 14.8 Å². The average Bonchev–Trinajstić information content (AvgIpc) is 2.68. The number of carbonyl (C=O) groups excluding carboxylic acids is 1. The summed E-state index contributed by atoms with van der Waals surface area (Å²) in [5.74, 6) is 0.431. The van der Waals surface area contributed by atoms with Gasteiger partial charge in [-0.25, -0.2) is 13.1 Å². The summed E-state index contributed by atoms with van der Waals surface area (Å²) in [4.78, 5) is 12.4. The van der Waals surface area contributed by atoms with Crippen LogP contribution in [0.3, 0.4) is 0 Å². The minimum atomic E-state index is -3.69. The number of hydrogen-bond donors (Lipinski definition) is 2. The Balaban J connectivity index is 1.98. The van der Waals surface area contributed by atoms with Gasteiger partial charge in [0, 0.05) is 25.8 Å². The third kappa shape index (κ3) is 6.06. The number of amides is 1. The molecule has 0 atom stereocenters. The number of para-hydroxylation sites is 1. The number of carbonyl (C=O) groups is 1. The fourth-order valence-electron chi connectivity index (χ4n) is 2.49. The molecule has 2 N–H and O–H groups in total. The van der Waals surface area contributed by atoms with Gasteiger partial charge in [0.15, 0.2) is 0 Å². The maximum absolute atomic E-state index is 12.4. The lowest BCUT2D eigenvalue weighted by atomic mass is 10.1. The van der Waals surface area contributed by atoms with E-state index in [1.165, 1.54) is 19.2 Å². The van der Waals surface area contributed by atoms with Gasteiger partial charge in [0.1, 0.15) is 5.75 Å². The summed E-state index contributed by atoms with van der Waals surface area (Å²) in [6.45, 7) is 0.832. The molecule has 1 amide bonds. The maximum Gasteiger partial charge on any atom is 0.251 e. The molecule has 0 aliphatic rings. The molecule has 0 unspecified atom stereocenters. The minimum Gasteiger partial charge on any atom is -0.496 e. The largest absolute Gasteiger partial charge is 0.496 e. The van der Waals surface area contributed by atoms with E-state index in [9.17, 15) is 13.2 Å². The second-order valence-electron chi connectivity index (χ2n) is 5.74. The van der Waals surface area contributed by atoms with Crippen molar-refractivity contribution in [1.82, 2.24) is 10.0 Å². The van der Waals surface area contributed by atoms with Gasteiger partial charge in [0.05, 0.1) is 18.6 Å². The first-order valence-electron chi connectivity index (χ1n) is 8.46. The molecule has 0 aliphatic heterocycles. The first kappa shape index (κ1) is 20.9. The molecule has 7 nitrogen and oxygen atoms in total. The van der Waals surface area contributed by atoms with Gasteiger partial charge in [-0.1, -0.05) is 24.3 Å². The van der Waals surface area contributed by atoms with Gasteiger partial charge in [0.2, 0.25) is 10.0 Å². The van der Waals surface area contributed by atoms with E-state index < -0.39 is 10.0 Å². The zero-order valence-electron chi connectivity index (χ0n) is 15.4. The molecule has 0 saturated carbocycles. The van der Waals surface area contributed by atoms with Crippen LogP contribution in [0.2, 0.25) is 0 Å². The van der Waals surface area contributed by atoms with Crippen LogP contribution in [-0.4, -0.2) is 48.2 Å². The smallest absolute Gasteiger partial charge is 0.251 e. The molecule has 2 aromatic carbocycles. The van der Waals surface area contributed by atoms with Crippen molar-refractivity contribution in [3.8, 4) is 5.75 Å². The van der Waals surface area contributed by atoms with Crippen LogP contribution in [0, 0.1) is 0 Å². The predicted molar refractivity (Wildman–Crippen MR) is 103 cm³/mol. The molecule has 27 heavy (non-hydrogen) atoms. The van der Waals surface area contributed by atoms with Gasteiger partial charge >= 0.3 is 0 Å². The van der Waals surface area contributed by atoms with Gasteiger partial charge in [-0.15, -0.1) is 0 Å². The number of rotatable bonds is 10. The van der Waals surface area contributed by atoms with Crippen molar-refractivity contribution in [3.63, 3.8) is 0 Å². The Morgan fingerprint density at radius 3 is 2.56 bits per heavy atom. The van der Waals surface area contributed by atoms with E-state index in [1.54, 1.807) is 19.2 Å². The Morgan fingerprint density at radius 2 is 1.81 bits per heavy atom. The van der Waals surface area contributed by atoms with Gasteiger partial charge < -0.3 is 14.8 Å². The van der Waals surface area contributed by atoms with Crippen molar-refractivity contribution in [2.75, 3.05) is 33.9 Å². The molecule has 0 aliphatic carbocycles. The van der Waals surface area contributed by atoms with Crippen molar-refractivity contribution in [2.24, 2.45) is 0 Å². The fraction of sp³-hybridized carbons (Fsp3) is 0.316. The molecule has 0 fully saturated rings. The van der Waals surface area contributed by atoms with Crippen LogP contribution >= 0.6 is 0 Å². The Kier molecular flexibility index (Phi) is 7.78. The van der Waals surface area contributed by atoms with Crippen LogP contribution in [0.15, 0.2) is 53.4 Å². The average molecular weight is 392 g/mol. The third-order valence-electron chi connectivity index (χ3n) is 3.88. The number of sulfonamides is 1. The van der Waals surface area contributed by atoms with Crippen molar-refractivity contribution in [1.29, 1.82) is 0 Å². The van der Waals surface area contributed by atoms with Crippen LogP contribution in [0.4, 0.5) is 0 Å². The molecule has 0 radical (unpaired) electrons. The summed E-state index contributed by atoms with van der Waals surface area (Å²) in [6, 6.07) is 13.5. The molecule has 0 aromatic heterocycles. The Morgan fingerprint density at radius 1 is 1.04 bits per heavy atom. The van der Waals surface area contributed by atoms with E-state index in [-0.39, 0.29) is 29.5 Å². The lowest BCUT2D eigenvalue weighted by molar-refractivity contribution is 0.0954. The summed E-state index contributed by atoms with van der Waals surface area (Å²) >= 11 is 0. The SMILES string of the molecule is COCCNS(=O)(=O)c1cccc(C(=O)NCCc2ccccc2OC)c1. The Labute approximate surface area is 159 Å². The second kappa shape index (κ2) is 10.1. The van der Waals surface area contributed by atoms with Crippen LogP contribution in [0.25, 0.3) is 0 Å². The highest BCUT2D eigenvalue weighted by atomic mass is 32.2. The van der Waals surface area contributed by atoms with E-state index in [0.717, 1.165) is 11.3 Å². The van der Waals surface area contributed by atoms with Crippen molar-refractivity contribution < 1.29 is 22.7 Å². The molecule has 146 valence electrons. The summed E-state index contributed by atoms with van der Waals surface area (Å²) in [7, 11) is -0.596. The molecule has 2 aromatic rings. The van der Waals surface area contributed by atoms with Gasteiger partial charge in [0.25, 0.3) is 5.91 Å². The summed E-state index contributed by atoms with van der Waals surface area (Å²) in [5.41, 5.74) is 1.27. The van der Waals surface area contributed by atoms with Crippen molar-refractivity contribution >= 4 is 15.9 Å². The normalized spacial score (nSPS) is 11.2. The zero-order valence-corrected chi connectivity index (χ0v) is 16.2. The Bertz CT molecular complexity index is 868.